The van der Waals surface area contributed by atoms with Crippen LogP contribution in [0.2, 0.25) is 0 Å². The largest absolute Gasteiger partial charge is 0.391 e. The maximum atomic E-state index is 10.6. The van der Waals surface area contributed by atoms with Gasteiger partial charge in [-0.3, -0.25) is 0 Å². The Hall–Kier alpha value is -2.02. The molecule has 1 N–H and O–H groups in total. The first-order chi connectivity index (χ1) is 12.2. The molecule has 0 bridgehead atoms. The molecule has 0 aromatic carbocycles. The first-order valence-corrected chi connectivity index (χ1v) is 9.32. The van der Waals surface area contributed by atoms with Crippen LogP contribution in [0.1, 0.15) is 42.3 Å². The predicted octanol–water partition coefficient (Wildman–Crippen LogP) is 1.31. The van der Waals surface area contributed by atoms with E-state index >= 15 is 0 Å². The molecular formula is C18H24N6O. The van der Waals surface area contributed by atoms with Gasteiger partial charge in [-0.25, -0.2) is 19.6 Å². The molecule has 5 rings (SSSR count). The maximum absolute atomic E-state index is 10.6. The number of aliphatic hydroxyl groups excluding tert-OH is 1. The number of fused-ring (bicyclic) bond motifs is 2. The summed E-state index contributed by atoms with van der Waals surface area (Å²) in [5, 5.41) is 14.8. The fourth-order valence-electron chi connectivity index (χ4n) is 4.99. The molecule has 2 aromatic rings. The molecule has 3 aliphatic rings. The highest BCUT2D eigenvalue weighted by molar-refractivity contribution is 5.40. The molecule has 25 heavy (non-hydrogen) atoms. The average molecular weight is 340 g/mol. The van der Waals surface area contributed by atoms with E-state index in [1.165, 1.54) is 17.7 Å². The van der Waals surface area contributed by atoms with Gasteiger partial charge < -0.3 is 10.0 Å². The summed E-state index contributed by atoms with van der Waals surface area (Å²) in [6.45, 7) is 4.04. The van der Waals surface area contributed by atoms with Crippen LogP contribution in [-0.2, 0) is 12.8 Å². The van der Waals surface area contributed by atoms with Gasteiger partial charge in [0.25, 0.3) is 0 Å². The number of aromatic nitrogens is 5. The summed E-state index contributed by atoms with van der Waals surface area (Å²) in [5.41, 5.74) is 3.76. The Labute approximate surface area is 147 Å². The van der Waals surface area contributed by atoms with Crippen LogP contribution in [0, 0.1) is 18.8 Å². The van der Waals surface area contributed by atoms with Gasteiger partial charge in [0.2, 0.25) is 5.95 Å². The van der Waals surface area contributed by atoms with Crippen molar-refractivity contribution >= 4 is 5.95 Å². The van der Waals surface area contributed by atoms with E-state index in [9.17, 15) is 5.11 Å². The van der Waals surface area contributed by atoms with Gasteiger partial charge in [0, 0.05) is 24.5 Å². The van der Waals surface area contributed by atoms with E-state index < -0.39 is 0 Å². The minimum Gasteiger partial charge on any atom is -0.391 e. The quantitative estimate of drug-likeness (QED) is 0.888. The van der Waals surface area contributed by atoms with E-state index in [1.54, 1.807) is 12.7 Å². The van der Waals surface area contributed by atoms with E-state index in [2.05, 4.69) is 21.9 Å². The smallest absolute Gasteiger partial charge is 0.225 e. The molecule has 0 unspecified atom stereocenters. The summed E-state index contributed by atoms with van der Waals surface area (Å²) in [5.74, 6) is 1.95. The van der Waals surface area contributed by atoms with Gasteiger partial charge >= 0.3 is 0 Å². The van der Waals surface area contributed by atoms with Crippen LogP contribution in [0.4, 0.5) is 5.95 Å². The third kappa shape index (κ3) is 2.52. The van der Waals surface area contributed by atoms with E-state index in [-0.39, 0.29) is 12.1 Å². The average Bonchev–Trinajstić information content (AvgIpc) is 3.33. The van der Waals surface area contributed by atoms with E-state index in [4.69, 9.17) is 9.97 Å². The highest BCUT2D eigenvalue weighted by Gasteiger charge is 2.43. The molecule has 1 saturated heterocycles. The summed E-state index contributed by atoms with van der Waals surface area (Å²) < 4.78 is 1.82. The minimum atomic E-state index is -0.356. The third-order valence-electron chi connectivity index (χ3n) is 6.30. The summed E-state index contributed by atoms with van der Waals surface area (Å²) >= 11 is 0. The van der Waals surface area contributed by atoms with Crippen LogP contribution >= 0.6 is 0 Å². The van der Waals surface area contributed by atoms with Gasteiger partial charge in [-0.15, -0.1) is 0 Å². The Morgan fingerprint density at radius 2 is 1.96 bits per heavy atom. The fraction of sp³-hybridized carbons (Fsp3) is 0.667. The number of hydrogen-bond donors (Lipinski definition) is 1. The lowest BCUT2D eigenvalue weighted by Gasteiger charge is -2.34. The number of hydrogen-bond acceptors (Lipinski definition) is 6. The van der Waals surface area contributed by atoms with Crippen LogP contribution in [0.25, 0.3) is 0 Å². The molecule has 2 aromatic heterocycles. The van der Waals surface area contributed by atoms with Crippen molar-refractivity contribution in [3.63, 3.8) is 0 Å². The van der Waals surface area contributed by atoms with Crippen LogP contribution in [0.5, 0.6) is 0 Å². The molecule has 7 nitrogen and oxygen atoms in total. The Balaban J connectivity index is 1.37. The predicted molar refractivity (Wildman–Crippen MR) is 92.3 cm³/mol. The molecule has 0 radical (unpaired) electrons. The number of nitrogens with zero attached hydrogens (tertiary/aromatic N) is 6. The lowest BCUT2D eigenvalue weighted by molar-refractivity contribution is 0.0305. The highest BCUT2D eigenvalue weighted by atomic mass is 16.3. The molecule has 3 heterocycles. The second kappa shape index (κ2) is 5.76. The van der Waals surface area contributed by atoms with Gasteiger partial charge in [-0.2, -0.15) is 5.10 Å². The molecule has 2 fully saturated rings. The number of rotatable bonds is 2. The molecule has 0 spiro atoms. The van der Waals surface area contributed by atoms with Gasteiger partial charge in [0.05, 0.1) is 12.1 Å². The van der Waals surface area contributed by atoms with Crippen LogP contribution in [0.3, 0.4) is 0 Å². The monoisotopic (exact) mass is 340 g/mol. The van der Waals surface area contributed by atoms with Gasteiger partial charge in [-0.1, -0.05) is 0 Å². The fourth-order valence-corrected chi connectivity index (χ4v) is 4.99. The zero-order valence-corrected chi connectivity index (χ0v) is 14.5. The van der Waals surface area contributed by atoms with E-state index in [0.29, 0.717) is 11.8 Å². The van der Waals surface area contributed by atoms with Gasteiger partial charge in [0.1, 0.15) is 12.7 Å². The first kappa shape index (κ1) is 15.3. The molecular weight excluding hydrogens is 316 g/mol. The summed E-state index contributed by atoms with van der Waals surface area (Å²) in [7, 11) is 0. The molecule has 0 amide bonds. The van der Waals surface area contributed by atoms with Crippen molar-refractivity contribution in [2.45, 2.75) is 51.2 Å². The van der Waals surface area contributed by atoms with E-state index in [1.807, 2.05) is 4.68 Å². The molecule has 1 saturated carbocycles. The number of anilines is 1. The first-order valence-electron chi connectivity index (χ1n) is 9.32. The Morgan fingerprint density at radius 3 is 2.76 bits per heavy atom. The Bertz CT molecular complexity index is 776. The Morgan fingerprint density at radius 1 is 1.12 bits per heavy atom. The van der Waals surface area contributed by atoms with Crippen molar-refractivity contribution in [1.82, 2.24) is 24.7 Å². The zero-order chi connectivity index (χ0) is 17.0. The molecule has 7 heteroatoms. The molecule has 4 atom stereocenters. The SMILES string of the molecule is Cc1nc(N2C[C@H]3C[C@@H](n4cncn4)[C@H](O)C[C@H]3C2)nc2c1CCC2. The van der Waals surface area contributed by atoms with Gasteiger partial charge in [0.15, 0.2) is 0 Å². The maximum Gasteiger partial charge on any atom is 0.225 e. The molecule has 2 aliphatic carbocycles. The second-order valence-corrected chi connectivity index (χ2v) is 7.79. The van der Waals surface area contributed by atoms with Crippen LogP contribution < -0.4 is 4.90 Å². The van der Waals surface area contributed by atoms with Crippen LogP contribution in [0.15, 0.2) is 12.7 Å². The molecule has 1 aliphatic heterocycles. The van der Waals surface area contributed by atoms with Gasteiger partial charge in [-0.05, 0) is 56.4 Å². The van der Waals surface area contributed by atoms with Crippen LogP contribution in [-0.4, -0.2) is 49.0 Å². The normalized spacial score (nSPS) is 31.2. The van der Waals surface area contributed by atoms with Crippen molar-refractivity contribution in [2.24, 2.45) is 11.8 Å². The topological polar surface area (TPSA) is 80.0 Å². The molecule has 132 valence electrons. The van der Waals surface area contributed by atoms with Crippen molar-refractivity contribution < 1.29 is 5.11 Å². The summed E-state index contributed by atoms with van der Waals surface area (Å²) in [4.78, 5) is 16.0. The number of aryl methyl sites for hydroxylation is 2. The lowest BCUT2D eigenvalue weighted by atomic mass is 9.77. The lowest BCUT2D eigenvalue weighted by Crippen LogP contribution is -2.36. The minimum absolute atomic E-state index is 0.0337. The third-order valence-corrected chi connectivity index (χ3v) is 6.30. The van der Waals surface area contributed by atoms with Crippen molar-refractivity contribution in [1.29, 1.82) is 0 Å². The highest BCUT2D eigenvalue weighted by Crippen LogP contribution is 2.42. The van der Waals surface area contributed by atoms with Crippen molar-refractivity contribution in [2.75, 3.05) is 18.0 Å². The number of aliphatic hydroxyl groups is 1. The van der Waals surface area contributed by atoms with Crippen molar-refractivity contribution in [3.8, 4) is 0 Å². The standard InChI is InChI=1S/C18H24N6O/c1-11-14-3-2-4-15(14)22-18(21-11)23-7-12-5-16(24-10-19-9-20-24)17(25)6-13(12)8-23/h9-10,12-13,16-17,25H,2-8H2,1H3/t12-,13+,16-,17-/m1/s1. The van der Waals surface area contributed by atoms with Crippen molar-refractivity contribution in [3.05, 3.63) is 29.6 Å². The zero-order valence-electron chi connectivity index (χ0n) is 14.5. The summed E-state index contributed by atoms with van der Waals surface area (Å²) in [6, 6.07) is 0.0337. The Kier molecular flexibility index (Phi) is 3.51. The van der Waals surface area contributed by atoms with E-state index in [0.717, 1.165) is 50.4 Å². The summed E-state index contributed by atoms with van der Waals surface area (Å²) in [6.07, 6.45) is 8.06. The second-order valence-electron chi connectivity index (χ2n) is 7.79.